The lowest BCUT2D eigenvalue weighted by Gasteiger charge is -2.06. The molecule has 0 amide bonds. The van der Waals surface area contributed by atoms with Gasteiger partial charge in [0.25, 0.3) is 0 Å². The average molecular weight is 281 g/mol. The monoisotopic (exact) mass is 280 g/mol. The topological polar surface area (TPSA) is 48.1 Å². The van der Waals surface area contributed by atoms with Gasteiger partial charge in [-0.05, 0) is 29.8 Å². The molecule has 0 aliphatic heterocycles. The number of nitrogens with two attached hydrogens (primary N) is 1. The third-order valence-electron chi connectivity index (χ3n) is 2.38. The van der Waals surface area contributed by atoms with Crippen molar-refractivity contribution < 1.29 is 4.74 Å². The van der Waals surface area contributed by atoms with Crippen molar-refractivity contribution in [1.29, 1.82) is 0 Å². The maximum Gasteiger partial charge on any atom is 0.141 e. The Morgan fingerprint density at radius 3 is 2.78 bits per heavy atom. The van der Waals surface area contributed by atoms with E-state index < -0.39 is 0 Å². The molecule has 94 valence electrons. The molecule has 1 aromatic heterocycles. The van der Waals surface area contributed by atoms with Crippen molar-refractivity contribution >= 4 is 29.1 Å². The van der Waals surface area contributed by atoms with Gasteiger partial charge in [-0.25, -0.2) is 4.98 Å². The normalized spacial score (nSPS) is 10.3. The molecule has 3 nitrogen and oxygen atoms in total. The number of halogens is 1. The first-order valence-corrected chi connectivity index (χ1v) is 6.72. The highest BCUT2D eigenvalue weighted by atomic mass is 35.5. The lowest BCUT2D eigenvalue weighted by molar-refractivity contribution is 0.417. The number of benzene rings is 1. The summed E-state index contributed by atoms with van der Waals surface area (Å²) in [5, 5.41) is 1.59. The van der Waals surface area contributed by atoms with Crippen LogP contribution in [0, 0.1) is 0 Å². The Morgan fingerprint density at radius 1 is 1.33 bits per heavy atom. The van der Waals surface area contributed by atoms with E-state index in [1.165, 1.54) is 0 Å². The summed E-state index contributed by atoms with van der Waals surface area (Å²) in [6.45, 7) is 0. The standard InChI is InChI=1S/C13H13ClN2OS/c1-17-12-4-2-9(6-11(12)15)8-18-13-5-3-10(14)7-16-13/h2-7H,8,15H2,1H3. The van der Waals surface area contributed by atoms with Crippen LogP contribution in [0.1, 0.15) is 5.56 Å². The van der Waals surface area contributed by atoms with E-state index in [2.05, 4.69) is 4.98 Å². The van der Waals surface area contributed by atoms with Gasteiger partial charge in [0.15, 0.2) is 0 Å². The summed E-state index contributed by atoms with van der Waals surface area (Å²) in [6.07, 6.45) is 1.65. The fraction of sp³-hybridized carbons (Fsp3) is 0.154. The molecule has 0 spiro atoms. The SMILES string of the molecule is COc1ccc(CSc2ccc(Cl)cn2)cc1N. The predicted molar refractivity (Wildman–Crippen MR) is 76.2 cm³/mol. The maximum absolute atomic E-state index is 5.85. The third-order valence-corrected chi connectivity index (χ3v) is 3.62. The molecule has 0 saturated carbocycles. The van der Waals surface area contributed by atoms with E-state index in [1.807, 2.05) is 30.3 Å². The van der Waals surface area contributed by atoms with Crippen LogP contribution in [0.15, 0.2) is 41.6 Å². The number of thioether (sulfide) groups is 1. The summed E-state index contributed by atoms with van der Waals surface area (Å²) >= 11 is 7.42. The van der Waals surface area contributed by atoms with Crippen molar-refractivity contribution in [3.8, 4) is 5.75 Å². The van der Waals surface area contributed by atoms with Gasteiger partial charge in [0.05, 0.1) is 22.8 Å². The first-order valence-electron chi connectivity index (χ1n) is 5.36. The van der Waals surface area contributed by atoms with Crippen LogP contribution in [-0.2, 0) is 5.75 Å². The van der Waals surface area contributed by atoms with E-state index in [0.717, 1.165) is 16.3 Å². The minimum Gasteiger partial charge on any atom is -0.495 e. The summed E-state index contributed by atoms with van der Waals surface area (Å²) in [4.78, 5) is 4.22. The van der Waals surface area contributed by atoms with Gasteiger partial charge < -0.3 is 10.5 Å². The summed E-state index contributed by atoms with van der Waals surface area (Å²) in [7, 11) is 1.61. The predicted octanol–water partition coefficient (Wildman–Crippen LogP) is 3.62. The highest BCUT2D eigenvalue weighted by Gasteiger charge is 2.02. The van der Waals surface area contributed by atoms with E-state index in [-0.39, 0.29) is 0 Å². The Bertz CT molecular complexity index is 531. The van der Waals surface area contributed by atoms with E-state index in [0.29, 0.717) is 16.5 Å². The van der Waals surface area contributed by atoms with Gasteiger partial charge in [-0.1, -0.05) is 17.7 Å². The molecule has 0 unspecified atom stereocenters. The number of anilines is 1. The number of hydrogen-bond donors (Lipinski definition) is 1. The lowest BCUT2D eigenvalue weighted by Crippen LogP contribution is -1.93. The van der Waals surface area contributed by atoms with Gasteiger partial charge in [-0.3, -0.25) is 0 Å². The van der Waals surface area contributed by atoms with E-state index in [9.17, 15) is 0 Å². The zero-order valence-electron chi connectivity index (χ0n) is 9.89. The van der Waals surface area contributed by atoms with Crippen LogP contribution in [0.5, 0.6) is 5.75 Å². The van der Waals surface area contributed by atoms with Crippen molar-refractivity contribution in [2.75, 3.05) is 12.8 Å². The van der Waals surface area contributed by atoms with Crippen molar-refractivity contribution in [3.05, 3.63) is 47.1 Å². The number of pyridine rings is 1. The average Bonchev–Trinajstić information content (AvgIpc) is 2.38. The maximum atomic E-state index is 5.85. The van der Waals surface area contributed by atoms with E-state index >= 15 is 0 Å². The van der Waals surface area contributed by atoms with E-state index in [1.54, 1.807) is 25.1 Å². The molecule has 2 N–H and O–H groups in total. The smallest absolute Gasteiger partial charge is 0.141 e. The van der Waals surface area contributed by atoms with Crippen LogP contribution >= 0.6 is 23.4 Å². The number of rotatable bonds is 4. The molecule has 2 aromatic rings. The van der Waals surface area contributed by atoms with Crippen molar-refractivity contribution in [2.24, 2.45) is 0 Å². The quantitative estimate of drug-likeness (QED) is 0.686. The van der Waals surface area contributed by atoms with Crippen molar-refractivity contribution in [3.63, 3.8) is 0 Å². The number of nitrogens with zero attached hydrogens (tertiary/aromatic N) is 1. The van der Waals surface area contributed by atoms with Crippen LogP contribution in [0.25, 0.3) is 0 Å². The number of nitrogen functional groups attached to an aromatic ring is 1. The third kappa shape index (κ3) is 3.31. The van der Waals surface area contributed by atoms with Crippen LogP contribution in [-0.4, -0.2) is 12.1 Å². The molecule has 0 aliphatic carbocycles. The Balaban J connectivity index is 2.02. The molecule has 2 rings (SSSR count). The highest BCUT2D eigenvalue weighted by molar-refractivity contribution is 7.98. The second-order valence-electron chi connectivity index (χ2n) is 3.68. The lowest BCUT2D eigenvalue weighted by atomic mass is 10.2. The molecule has 18 heavy (non-hydrogen) atoms. The fourth-order valence-corrected chi connectivity index (χ4v) is 2.38. The Kier molecular flexibility index (Phi) is 4.33. The van der Waals surface area contributed by atoms with Crippen molar-refractivity contribution in [1.82, 2.24) is 4.98 Å². The Labute approximate surface area is 115 Å². The summed E-state index contributed by atoms with van der Waals surface area (Å²) in [5.41, 5.74) is 7.64. The zero-order valence-corrected chi connectivity index (χ0v) is 11.5. The van der Waals surface area contributed by atoms with Crippen LogP contribution in [0.2, 0.25) is 5.02 Å². The van der Waals surface area contributed by atoms with Gasteiger partial charge in [0.2, 0.25) is 0 Å². The summed E-state index contributed by atoms with van der Waals surface area (Å²) in [6, 6.07) is 9.53. The molecule has 0 fully saturated rings. The van der Waals surface area contributed by atoms with Gasteiger partial charge in [0.1, 0.15) is 5.75 Å². The second-order valence-corrected chi connectivity index (χ2v) is 5.11. The second kappa shape index (κ2) is 5.98. The highest BCUT2D eigenvalue weighted by Crippen LogP contribution is 2.26. The summed E-state index contributed by atoms with van der Waals surface area (Å²) in [5.74, 6) is 1.51. The van der Waals surface area contributed by atoms with Crippen LogP contribution < -0.4 is 10.5 Å². The van der Waals surface area contributed by atoms with Crippen LogP contribution in [0.4, 0.5) is 5.69 Å². The Morgan fingerprint density at radius 2 is 2.17 bits per heavy atom. The zero-order chi connectivity index (χ0) is 13.0. The first kappa shape index (κ1) is 13.1. The molecule has 5 heteroatoms. The fourth-order valence-electron chi connectivity index (χ4n) is 1.48. The van der Waals surface area contributed by atoms with Crippen LogP contribution in [0.3, 0.4) is 0 Å². The van der Waals surface area contributed by atoms with Gasteiger partial charge in [-0.15, -0.1) is 11.8 Å². The molecule has 0 atom stereocenters. The molecule has 0 bridgehead atoms. The number of methoxy groups -OCH3 is 1. The van der Waals surface area contributed by atoms with Gasteiger partial charge in [0, 0.05) is 11.9 Å². The molecule has 0 radical (unpaired) electrons. The Hall–Kier alpha value is -1.39. The summed E-state index contributed by atoms with van der Waals surface area (Å²) < 4.78 is 5.12. The van der Waals surface area contributed by atoms with Gasteiger partial charge >= 0.3 is 0 Å². The molecule has 0 saturated heterocycles. The first-order chi connectivity index (χ1) is 8.69. The number of aromatic nitrogens is 1. The number of ether oxygens (including phenoxy) is 1. The molecule has 1 aromatic carbocycles. The van der Waals surface area contributed by atoms with Crippen molar-refractivity contribution in [2.45, 2.75) is 10.8 Å². The number of hydrogen-bond acceptors (Lipinski definition) is 4. The minimum atomic E-state index is 0.646. The van der Waals surface area contributed by atoms with E-state index in [4.69, 9.17) is 22.1 Å². The minimum absolute atomic E-state index is 0.646. The molecular weight excluding hydrogens is 268 g/mol. The largest absolute Gasteiger partial charge is 0.495 e. The molecular formula is C13H13ClN2OS. The molecule has 1 heterocycles. The van der Waals surface area contributed by atoms with Gasteiger partial charge in [-0.2, -0.15) is 0 Å². The molecule has 0 aliphatic rings.